The first-order valence-electron chi connectivity index (χ1n) is 7.97. The Kier molecular flexibility index (Phi) is 4.97. The van der Waals surface area contributed by atoms with E-state index in [0.717, 1.165) is 29.1 Å². The summed E-state index contributed by atoms with van der Waals surface area (Å²) in [7, 11) is 3.67. The Hall–Kier alpha value is -2.17. The topological polar surface area (TPSA) is 44.7 Å². The Morgan fingerprint density at radius 2 is 1.96 bits per heavy atom. The van der Waals surface area contributed by atoms with Crippen LogP contribution in [0.4, 0.5) is 5.69 Å². The molecule has 0 radical (unpaired) electrons. The Labute approximate surface area is 147 Å². The Morgan fingerprint density at radius 1 is 1.21 bits per heavy atom. The summed E-state index contributed by atoms with van der Waals surface area (Å²) in [5.41, 5.74) is 3.51. The van der Waals surface area contributed by atoms with Crippen molar-refractivity contribution in [3.05, 3.63) is 64.7 Å². The fourth-order valence-electron chi connectivity index (χ4n) is 2.91. The van der Waals surface area contributed by atoms with Crippen molar-refractivity contribution in [3.63, 3.8) is 0 Å². The molecule has 0 aromatic heterocycles. The summed E-state index contributed by atoms with van der Waals surface area (Å²) in [6.45, 7) is 0.729. The number of aliphatic imine (C=N–C) groups is 1. The standard InChI is InChI=1S/C19H20ClN3O/c1-21-11-10-16-19(24)23(2)17-9-8-14(20)12-15(17)18(22-16)13-6-4-3-5-7-13/h3-9,12,16,21H,10-11H2,1-2H3. The maximum atomic E-state index is 12.8. The molecule has 1 amide bonds. The molecule has 1 heterocycles. The lowest BCUT2D eigenvalue weighted by atomic mass is 10.0. The molecule has 2 aromatic carbocycles. The highest BCUT2D eigenvalue weighted by Gasteiger charge is 2.29. The van der Waals surface area contributed by atoms with E-state index in [1.165, 1.54) is 0 Å². The van der Waals surface area contributed by atoms with E-state index in [9.17, 15) is 4.79 Å². The van der Waals surface area contributed by atoms with Gasteiger partial charge in [0.2, 0.25) is 0 Å². The van der Waals surface area contributed by atoms with Gasteiger partial charge in [0.15, 0.2) is 0 Å². The van der Waals surface area contributed by atoms with Crippen molar-refractivity contribution in [2.45, 2.75) is 12.5 Å². The van der Waals surface area contributed by atoms with E-state index in [2.05, 4.69) is 5.32 Å². The summed E-state index contributed by atoms with van der Waals surface area (Å²) < 4.78 is 0. The van der Waals surface area contributed by atoms with Gasteiger partial charge in [0.05, 0.1) is 11.4 Å². The predicted molar refractivity (Wildman–Crippen MR) is 99.3 cm³/mol. The van der Waals surface area contributed by atoms with Crippen LogP contribution in [-0.2, 0) is 4.79 Å². The summed E-state index contributed by atoms with van der Waals surface area (Å²) in [6, 6.07) is 15.1. The van der Waals surface area contributed by atoms with Gasteiger partial charge in [-0.05, 0) is 38.2 Å². The average Bonchev–Trinajstić information content (AvgIpc) is 2.70. The number of hydrogen-bond acceptors (Lipinski definition) is 3. The van der Waals surface area contributed by atoms with Crippen molar-refractivity contribution >= 4 is 28.9 Å². The molecule has 0 saturated carbocycles. The molecule has 0 spiro atoms. The minimum absolute atomic E-state index is 0.000228. The molecule has 1 unspecified atom stereocenters. The number of amides is 1. The van der Waals surface area contributed by atoms with Gasteiger partial charge in [-0.3, -0.25) is 9.79 Å². The van der Waals surface area contributed by atoms with Crippen LogP contribution in [0.15, 0.2) is 53.5 Å². The summed E-state index contributed by atoms with van der Waals surface area (Å²) in [4.78, 5) is 19.3. The number of fused-ring (bicyclic) bond motifs is 1. The molecule has 4 nitrogen and oxygen atoms in total. The molecular formula is C19H20ClN3O. The van der Waals surface area contributed by atoms with Gasteiger partial charge in [-0.15, -0.1) is 0 Å². The van der Waals surface area contributed by atoms with Crippen LogP contribution in [0.2, 0.25) is 5.02 Å². The average molecular weight is 342 g/mol. The van der Waals surface area contributed by atoms with Crippen LogP contribution in [0, 0.1) is 0 Å². The summed E-state index contributed by atoms with van der Waals surface area (Å²) in [6.07, 6.45) is 0.651. The van der Waals surface area contributed by atoms with Crippen LogP contribution >= 0.6 is 11.6 Å². The first kappa shape index (κ1) is 16.7. The van der Waals surface area contributed by atoms with E-state index in [4.69, 9.17) is 16.6 Å². The van der Waals surface area contributed by atoms with Crippen LogP contribution in [0.3, 0.4) is 0 Å². The number of benzodiazepines with no additional fused rings is 1. The van der Waals surface area contributed by atoms with Crippen LogP contribution in [-0.4, -0.2) is 38.3 Å². The molecule has 0 fully saturated rings. The van der Waals surface area contributed by atoms with Crippen molar-refractivity contribution in [1.29, 1.82) is 0 Å². The molecule has 1 aliphatic heterocycles. The van der Waals surface area contributed by atoms with Gasteiger partial charge < -0.3 is 10.2 Å². The Balaban J connectivity index is 2.18. The zero-order valence-electron chi connectivity index (χ0n) is 13.8. The lowest BCUT2D eigenvalue weighted by Gasteiger charge is -2.20. The predicted octanol–water partition coefficient (Wildman–Crippen LogP) is 3.13. The van der Waals surface area contributed by atoms with Gasteiger partial charge in [0.25, 0.3) is 5.91 Å². The molecule has 0 aliphatic carbocycles. The smallest absolute Gasteiger partial charge is 0.251 e. The Bertz CT molecular complexity index is 773. The number of anilines is 1. The van der Waals surface area contributed by atoms with E-state index in [1.807, 2.05) is 49.5 Å². The van der Waals surface area contributed by atoms with Crippen molar-refractivity contribution in [3.8, 4) is 0 Å². The third-order valence-electron chi connectivity index (χ3n) is 4.19. The number of halogens is 1. The monoisotopic (exact) mass is 341 g/mol. The van der Waals surface area contributed by atoms with Crippen LogP contribution in [0.25, 0.3) is 0 Å². The molecule has 0 saturated heterocycles. The Morgan fingerprint density at radius 3 is 2.67 bits per heavy atom. The fraction of sp³-hybridized carbons (Fsp3) is 0.263. The second kappa shape index (κ2) is 7.16. The van der Waals surface area contributed by atoms with Gasteiger partial charge in [0.1, 0.15) is 6.04 Å². The van der Waals surface area contributed by atoms with Gasteiger partial charge in [-0.2, -0.15) is 0 Å². The van der Waals surface area contributed by atoms with Crippen LogP contribution in [0.1, 0.15) is 17.5 Å². The SMILES string of the molecule is CNCCC1N=C(c2ccccc2)c2cc(Cl)ccc2N(C)C1=O. The normalized spacial score (nSPS) is 17.3. The number of hydrogen-bond donors (Lipinski definition) is 1. The molecule has 0 bridgehead atoms. The molecule has 5 heteroatoms. The van der Waals surface area contributed by atoms with E-state index < -0.39 is 6.04 Å². The largest absolute Gasteiger partial charge is 0.320 e. The summed E-state index contributed by atoms with van der Waals surface area (Å²) in [5.74, 6) is -0.000228. The lowest BCUT2D eigenvalue weighted by molar-refractivity contribution is -0.119. The van der Waals surface area contributed by atoms with Gasteiger partial charge in [0, 0.05) is 23.2 Å². The van der Waals surface area contributed by atoms with E-state index in [0.29, 0.717) is 11.4 Å². The van der Waals surface area contributed by atoms with Gasteiger partial charge in [-0.1, -0.05) is 41.9 Å². The minimum atomic E-state index is -0.413. The number of rotatable bonds is 4. The quantitative estimate of drug-likeness (QED) is 0.928. The first-order valence-corrected chi connectivity index (χ1v) is 8.35. The van der Waals surface area contributed by atoms with Crippen molar-refractivity contribution in [1.82, 2.24) is 5.32 Å². The molecule has 124 valence electrons. The zero-order chi connectivity index (χ0) is 17.1. The molecular weight excluding hydrogens is 322 g/mol. The van der Waals surface area contributed by atoms with E-state index >= 15 is 0 Å². The number of nitrogens with one attached hydrogen (secondary N) is 1. The van der Waals surface area contributed by atoms with Gasteiger partial charge >= 0.3 is 0 Å². The highest BCUT2D eigenvalue weighted by Crippen LogP contribution is 2.30. The number of likely N-dealkylation sites (N-methyl/N-ethyl adjacent to an activating group) is 1. The maximum absolute atomic E-state index is 12.8. The number of carbonyl (C=O) groups is 1. The lowest BCUT2D eigenvalue weighted by Crippen LogP contribution is -2.36. The third-order valence-corrected chi connectivity index (χ3v) is 4.43. The zero-order valence-corrected chi connectivity index (χ0v) is 14.5. The number of nitrogens with zero attached hydrogens (tertiary/aromatic N) is 2. The van der Waals surface area contributed by atoms with E-state index in [-0.39, 0.29) is 5.91 Å². The summed E-state index contributed by atoms with van der Waals surface area (Å²) >= 11 is 6.22. The summed E-state index contributed by atoms with van der Waals surface area (Å²) in [5, 5.41) is 3.73. The van der Waals surface area contributed by atoms with Crippen LogP contribution < -0.4 is 10.2 Å². The highest BCUT2D eigenvalue weighted by atomic mass is 35.5. The highest BCUT2D eigenvalue weighted by molar-refractivity contribution is 6.32. The number of carbonyl (C=O) groups excluding carboxylic acids is 1. The molecule has 1 atom stereocenters. The van der Waals surface area contributed by atoms with E-state index in [1.54, 1.807) is 18.0 Å². The molecule has 24 heavy (non-hydrogen) atoms. The number of benzene rings is 2. The van der Waals surface area contributed by atoms with Crippen molar-refractivity contribution < 1.29 is 4.79 Å². The van der Waals surface area contributed by atoms with Crippen molar-refractivity contribution in [2.75, 3.05) is 25.5 Å². The second-order valence-corrected chi connectivity index (χ2v) is 6.25. The molecule has 3 rings (SSSR count). The molecule has 2 aromatic rings. The maximum Gasteiger partial charge on any atom is 0.251 e. The van der Waals surface area contributed by atoms with Gasteiger partial charge in [-0.25, -0.2) is 0 Å². The van der Waals surface area contributed by atoms with Crippen molar-refractivity contribution in [2.24, 2.45) is 4.99 Å². The molecule has 1 N–H and O–H groups in total. The van der Waals surface area contributed by atoms with Crippen LogP contribution in [0.5, 0.6) is 0 Å². The second-order valence-electron chi connectivity index (χ2n) is 5.81. The third kappa shape index (κ3) is 3.21. The molecule has 1 aliphatic rings. The fourth-order valence-corrected chi connectivity index (χ4v) is 3.08. The minimum Gasteiger partial charge on any atom is -0.320 e. The first-order chi connectivity index (χ1) is 11.6.